The highest BCUT2D eigenvalue weighted by molar-refractivity contribution is 8.18. The number of halogens is 3. The number of nitrogens with zero attached hydrogens (tertiary/aromatic N) is 3. The number of carbonyl (C=O) groups excluding carboxylic acids is 2. The zero-order chi connectivity index (χ0) is 18.6. The van der Waals surface area contributed by atoms with Crippen LogP contribution in [0, 0.1) is 0 Å². The van der Waals surface area contributed by atoms with Crippen LogP contribution in [-0.2, 0) is 20.5 Å². The quantitative estimate of drug-likeness (QED) is 0.354. The Morgan fingerprint density at radius 1 is 1.28 bits per heavy atom. The number of hydrogen-bond acceptors (Lipinski definition) is 6. The van der Waals surface area contributed by atoms with Crippen LogP contribution >= 0.6 is 11.8 Å². The van der Waals surface area contributed by atoms with E-state index in [1.165, 1.54) is 37.4 Å². The Hall–Kier alpha value is -2.62. The molecule has 0 aromatic heterocycles. The molecule has 2 rings (SSSR count). The molecular formula is C15H12F3N3O3S. The minimum absolute atomic E-state index is 0.137. The number of ether oxygens (including phenoxy) is 1. The van der Waals surface area contributed by atoms with Gasteiger partial charge in [0.2, 0.25) is 0 Å². The number of alkyl halides is 3. The zero-order valence-electron chi connectivity index (χ0n) is 13.1. The molecule has 1 amide bonds. The van der Waals surface area contributed by atoms with Crippen molar-refractivity contribution < 1.29 is 27.5 Å². The Morgan fingerprint density at radius 2 is 1.92 bits per heavy atom. The van der Waals surface area contributed by atoms with Crippen molar-refractivity contribution in [2.75, 3.05) is 14.2 Å². The SMILES string of the molecule is COC(=O)/C=C1\S/C(=N\N=C/c2ccc(C(F)(F)F)cc2)N(C)C1=O. The molecule has 0 radical (unpaired) electrons. The first-order chi connectivity index (χ1) is 11.7. The van der Waals surface area contributed by atoms with E-state index in [-0.39, 0.29) is 10.1 Å². The molecule has 0 saturated carbocycles. The maximum absolute atomic E-state index is 12.5. The third kappa shape index (κ3) is 4.69. The van der Waals surface area contributed by atoms with Crippen LogP contribution < -0.4 is 0 Å². The standard InChI is InChI=1S/C15H12F3N3O3S/c1-21-13(23)11(7-12(22)24-2)25-14(21)20-19-8-9-3-5-10(6-4-9)15(16,17)18/h3-8H,1-2H3/b11-7-,19-8-,20-14-. The minimum Gasteiger partial charge on any atom is -0.466 e. The first-order valence-electron chi connectivity index (χ1n) is 6.76. The molecule has 6 nitrogen and oxygen atoms in total. The predicted octanol–water partition coefficient (Wildman–Crippen LogP) is 2.66. The molecule has 1 aliphatic heterocycles. The highest BCUT2D eigenvalue weighted by atomic mass is 32.2. The monoisotopic (exact) mass is 371 g/mol. The molecule has 1 fully saturated rings. The van der Waals surface area contributed by atoms with Gasteiger partial charge in [0.05, 0.1) is 23.8 Å². The summed E-state index contributed by atoms with van der Waals surface area (Å²) in [6.07, 6.45) is -2.10. The molecule has 132 valence electrons. The van der Waals surface area contributed by atoms with E-state index in [0.29, 0.717) is 5.56 Å². The van der Waals surface area contributed by atoms with Gasteiger partial charge in [0.15, 0.2) is 5.17 Å². The second kappa shape index (κ2) is 7.51. The Morgan fingerprint density at radius 3 is 2.48 bits per heavy atom. The van der Waals surface area contributed by atoms with Gasteiger partial charge in [-0.05, 0) is 29.5 Å². The van der Waals surface area contributed by atoms with Gasteiger partial charge in [-0.2, -0.15) is 18.3 Å². The lowest BCUT2D eigenvalue weighted by Gasteiger charge is -2.06. The minimum atomic E-state index is -4.40. The van der Waals surface area contributed by atoms with Crippen LogP contribution in [0.2, 0.25) is 0 Å². The molecule has 1 heterocycles. The van der Waals surface area contributed by atoms with Crippen LogP contribution in [0.25, 0.3) is 0 Å². The average Bonchev–Trinajstić information content (AvgIpc) is 2.82. The molecule has 0 bridgehead atoms. The fourth-order valence-corrected chi connectivity index (χ4v) is 2.59. The van der Waals surface area contributed by atoms with Crippen molar-refractivity contribution in [1.82, 2.24) is 4.90 Å². The highest BCUT2D eigenvalue weighted by Crippen LogP contribution is 2.30. The molecule has 0 aliphatic carbocycles. The highest BCUT2D eigenvalue weighted by Gasteiger charge is 2.31. The number of thioether (sulfide) groups is 1. The van der Waals surface area contributed by atoms with Gasteiger partial charge >= 0.3 is 12.1 Å². The number of carbonyl (C=O) groups is 2. The van der Waals surface area contributed by atoms with Gasteiger partial charge in [0.25, 0.3) is 5.91 Å². The third-order valence-electron chi connectivity index (χ3n) is 3.04. The summed E-state index contributed by atoms with van der Waals surface area (Å²) in [4.78, 5) is 24.4. The number of methoxy groups -OCH3 is 1. The Balaban J connectivity index is 2.11. The molecule has 0 atom stereocenters. The molecule has 0 N–H and O–H groups in total. The molecule has 0 spiro atoms. The summed E-state index contributed by atoms with van der Waals surface area (Å²) in [5.74, 6) is -1.10. The van der Waals surface area contributed by atoms with Gasteiger partial charge in [-0.1, -0.05) is 12.1 Å². The van der Waals surface area contributed by atoms with Gasteiger partial charge in [-0.15, -0.1) is 5.10 Å². The zero-order valence-corrected chi connectivity index (χ0v) is 13.9. The number of benzene rings is 1. The summed E-state index contributed by atoms with van der Waals surface area (Å²) in [7, 11) is 2.65. The van der Waals surface area contributed by atoms with Gasteiger partial charge in [0.1, 0.15) is 0 Å². The van der Waals surface area contributed by atoms with Gasteiger partial charge in [-0.25, -0.2) is 4.79 Å². The number of likely N-dealkylation sites (N-methyl/N-ethyl adjacent to an activating group) is 1. The lowest BCUT2D eigenvalue weighted by molar-refractivity contribution is -0.137. The molecule has 1 aromatic rings. The van der Waals surface area contributed by atoms with E-state index >= 15 is 0 Å². The molecule has 1 saturated heterocycles. The third-order valence-corrected chi connectivity index (χ3v) is 4.09. The molecule has 1 aromatic carbocycles. The Kier molecular flexibility index (Phi) is 5.62. The van der Waals surface area contributed by atoms with Crippen molar-refractivity contribution in [2.45, 2.75) is 6.18 Å². The Labute approximate surface area is 145 Å². The van der Waals surface area contributed by atoms with E-state index in [9.17, 15) is 22.8 Å². The van der Waals surface area contributed by atoms with Crippen molar-refractivity contribution in [3.63, 3.8) is 0 Å². The van der Waals surface area contributed by atoms with E-state index in [4.69, 9.17) is 0 Å². The van der Waals surface area contributed by atoms with Crippen molar-refractivity contribution in [1.29, 1.82) is 0 Å². The van der Waals surface area contributed by atoms with Gasteiger partial charge in [-0.3, -0.25) is 9.69 Å². The maximum atomic E-state index is 12.5. The van der Waals surface area contributed by atoms with Crippen LogP contribution in [-0.4, -0.2) is 42.3 Å². The second-order valence-corrected chi connectivity index (χ2v) is 5.75. The van der Waals surface area contributed by atoms with Crippen LogP contribution in [0.15, 0.2) is 45.4 Å². The van der Waals surface area contributed by atoms with Gasteiger partial charge < -0.3 is 4.74 Å². The fraction of sp³-hybridized carbons (Fsp3) is 0.200. The van der Waals surface area contributed by atoms with Crippen LogP contribution in [0.1, 0.15) is 11.1 Å². The van der Waals surface area contributed by atoms with E-state index in [1.807, 2.05) is 0 Å². The number of amidine groups is 1. The van der Waals surface area contributed by atoms with E-state index < -0.39 is 23.6 Å². The first kappa shape index (κ1) is 18.7. The number of amides is 1. The first-order valence-corrected chi connectivity index (χ1v) is 7.58. The predicted molar refractivity (Wildman–Crippen MR) is 86.9 cm³/mol. The lowest BCUT2D eigenvalue weighted by Crippen LogP contribution is -2.23. The fourth-order valence-electron chi connectivity index (χ4n) is 1.71. The molecular weight excluding hydrogens is 359 g/mol. The largest absolute Gasteiger partial charge is 0.466 e. The van der Waals surface area contributed by atoms with Crippen molar-refractivity contribution in [3.05, 3.63) is 46.4 Å². The number of esters is 1. The van der Waals surface area contributed by atoms with E-state index in [2.05, 4.69) is 14.9 Å². The molecule has 1 aliphatic rings. The summed E-state index contributed by atoms with van der Waals surface area (Å²) < 4.78 is 41.9. The topological polar surface area (TPSA) is 71.3 Å². The Bertz CT molecular complexity index is 770. The number of rotatable bonds is 3. The van der Waals surface area contributed by atoms with Crippen molar-refractivity contribution in [2.24, 2.45) is 10.2 Å². The van der Waals surface area contributed by atoms with Crippen LogP contribution in [0.5, 0.6) is 0 Å². The van der Waals surface area contributed by atoms with Crippen molar-refractivity contribution >= 4 is 35.0 Å². The summed E-state index contributed by atoms with van der Waals surface area (Å²) >= 11 is 0.936. The van der Waals surface area contributed by atoms with Gasteiger partial charge in [0, 0.05) is 13.1 Å². The van der Waals surface area contributed by atoms with E-state index in [0.717, 1.165) is 30.0 Å². The number of hydrogen-bond donors (Lipinski definition) is 0. The summed E-state index contributed by atoms with van der Waals surface area (Å²) in [5, 5.41) is 7.83. The smallest absolute Gasteiger partial charge is 0.416 e. The normalized spacial score (nSPS) is 18.6. The lowest BCUT2D eigenvalue weighted by atomic mass is 10.1. The summed E-state index contributed by atoms with van der Waals surface area (Å²) in [5.41, 5.74) is -0.343. The molecule has 0 unspecified atom stereocenters. The molecule has 25 heavy (non-hydrogen) atoms. The van der Waals surface area contributed by atoms with Crippen LogP contribution in [0.3, 0.4) is 0 Å². The molecule has 10 heteroatoms. The van der Waals surface area contributed by atoms with E-state index in [1.54, 1.807) is 0 Å². The van der Waals surface area contributed by atoms with Crippen molar-refractivity contribution in [3.8, 4) is 0 Å². The summed E-state index contributed by atoms with van der Waals surface area (Å²) in [6.45, 7) is 0. The maximum Gasteiger partial charge on any atom is 0.416 e. The summed E-state index contributed by atoms with van der Waals surface area (Å²) in [6, 6.07) is 4.38. The average molecular weight is 371 g/mol. The second-order valence-electron chi connectivity index (χ2n) is 4.74. The van der Waals surface area contributed by atoms with Crippen LogP contribution in [0.4, 0.5) is 13.2 Å².